The van der Waals surface area contributed by atoms with Crippen molar-refractivity contribution in [3.63, 3.8) is 0 Å². The van der Waals surface area contributed by atoms with E-state index < -0.39 is 0 Å². The molecule has 2 atom stereocenters. The Morgan fingerprint density at radius 3 is 2.54 bits per heavy atom. The molecule has 2 aliphatic heterocycles. The summed E-state index contributed by atoms with van der Waals surface area (Å²) in [7, 11) is 0. The van der Waals surface area contributed by atoms with Crippen LogP contribution in [0, 0.1) is 6.92 Å². The second-order valence-electron chi connectivity index (χ2n) is 6.62. The first-order valence-electron chi connectivity index (χ1n) is 8.81. The van der Waals surface area contributed by atoms with Crippen molar-refractivity contribution in [1.29, 1.82) is 0 Å². The minimum atomic E-state index is -0.290. The second-order valence-corrected chi connectivity index (χ2v) is 6.62. The van der Waals surface area contributed by atoms with Gasteiger partial charge in [-0.05, 0) is 31.5 Å². The molecule has 0 unspecified atom stereocenters. The summed E-state index contributed by atoms with van der Waals surface area (Å²) in [6, 6.07) is 7.31. The van der Waals surface area contributed by atoms with Crippen LogP contribution in [0.1, 0.15) is 12.5 Å². The summed E-state index contributed by atoms with van der Waals surface area (Å²) in [6.45, 7) is 7.40. The van der Waals surface area contributed by atoms with Gasteiger partial charge in [0, 0.05) is 38.4 Å². The first-order chi connectivity index (χ1) is 12.0. The average molecular weight is 383 g/mol. The van der Waals surface area contributed by atoms with E-state index in [9.17, 15) is 9.59 Å². The monoisotopic (exact) mass is 382 g/mol. The number of nitrogens with one attached hydrogen (secondary N) is 2. The van der Waals surface area contributed by atoms with Crippen LogP contribution in [-0.4, -0.2) is 73.2 Å². The van der Waals surface area contributed by atoms with E-state index in [0.29, 0.717) is 39.3 Å². The Kier molecular flexibility index (Phi) is 7.25. The molecule has 0 radical (unpaired) electrons. The number of nitrogens with zero attached hydrogens (tertiary/aromatic N) is 2. The smallest absolute Gasteiger partial charge is 0.321 e. The fourth-order valence-corrected chi connectivity index (χ4v) is 3.26. The number of amides is 3. The first-order valence-corrected chi connectivity index (χ1v) is 8.81. The third-order valence-corrected chi connectivity index (χ3v) is 4.73. The fraction of sp³-hybridized carbons (Fsp3) is 0.556. The first kappa shape index (κ1) is 20.5. The molecule has 144 valence electrons. The van der Waals surface area contributed by atoms with E-state index in [4.69, 9.17) is 4.74 Å². The maximum Gasteiger partial charge on any atom is 0.321 e. The predicted octanol–water partition coefficient (Wildman–Crippen LogP) is 1.47. The van der Waals surface area contributed by atoms with E-state index in [0.717, 1.165) is 11.3 Å². The van der Waals surface area contributed by atoms with Crippen LogP contribution in [0.4, 0.5) is 10.5 Å². The van der Waals surface area contributed by atoms with Gasteiger partial charge in [-0.2, -0.15) is 0 Å². The Morgan fingerprint density at radius 2 is 1.88 bits per heavy atom. The molecule has 7 nitrogen and oxygen atoms in total. The van der Waals surface area contributed by atoms with Gasteiger partial charge in [0.25, 0.3) is 0 Å². The SMILES string of the molecule is Cc1cccc(NC(=O)N2CCN(C(=O)[C@H]3NCCO[C@@H]3C)CC2)c1.Cl. The molecule has 26 heavy (non-hydrogen) atoms. The Balaban J connectivity index is 0.00000243. The maximum atomic E-state index is 12.6. The minimum Gasteiger partial charge on any atom is -0.375 e. The highest BCUT2D eigenvalue weighted by molar-refractivity contribution is 5.90. The summed E-state index contributed by atoms with van der Waals surface area (Å²) in [4.78, 5) is 28.6. The number of hydrogen-bond acceptors (Lipinski definition) is 4. The third-order valence-electron chi connectivity index (χ3n) is 4.73. The van der Waals surface area contributed by atoms with Crippen LogP contribution in [0.5, 0.6) is 0 Å². The lowest BCUT2D eigenvalue weighted by Gasteiger charge is -2.38. The molecule has 0 saturated carbocycles. The molecule has 2 N–H and O–H groups in total. The maximum absolute atomic E-state index is 12.6. The second kappa shape index (κ2) is 9.21. The standard InChI is InChI=1S/C18H26N4O3.ClH/c1-13-4-3-5-15(12-13)20-18(24)22-9-7-21(8-10-22)17(23)16-14(2)25-11-6-19-16;/h3-5,12,14,16,19H,6-11H2,1-2H3,(H,20,24);1H/t14-,16+;/m1./s1. The lowest BCUT2D eigenvalue weighted by atomic mass is 10.1. The molecular formula is C18H27ClN4O3. The molecule has 1 aromatic rings. The van der Waals surface area contributed by atoms with Gasteiger partial charge in [0.1, 0.15) is 6.04 Å². The average Bonchev–Trinajstić information content (AvgIpc) is 2.62. The van der Waals surface area contributed by atoms with Crippen LogP contribution in [0.15, 0.2) is 24.3 Å². The van der Waals surface area contributed by atoms with Crippen LogP contribution in [0.25, 0.3) is 0 Å². The molecule has 0 aliphatic carbocycles. The molecule has 1 aromatic carbocycles. The number of hydrogen-bond donors (Lipinski definition) is 2. The number of carbonyl (C=O) groups is 2. The van der Waals surface area contributed by atoms with E-state index in [2.05, 4.69) is 10.6 Å². The molecule has 2 fully saturated rings. The Labute approximate surface area is 160 Å². The number of halogens is 1. The zero-order valence-corrected chi connectivity index (χ0v) is 16.1. The van der Waals surface area contributed by atoms with Crippen molar-refractivity contribution in [2.75, 3.05) is 44.6 Å². The van der Waals surface area contributed by atoms with Gasteiger partial charge in [0.2, 0.25) is 5.91 Å². The molecular weight excluding hydrogens is 356 g/mol. The highest BCUT2D eigenvalue weighted by atomic mass is 35.5. The van der Waals surface area contributed by atoms with Crippen LogP contribution in [0.3, 0.4) is 0 Å². The third kappa shape index (κ3) is 4.87. The Morgan fingerprint density at radius 1 is 1.19 bits per heavy atom. The Hall–Kier alpha value is -1.83. The van der Waals surface area contributed by atoms with Crippen molar-refractivity contribution in [3.05, 3.63) is 29.8 Å². The number of benzene rings is 1. The van der Waals surface area contributed by atoms with Gasteiger partial charge in [-0.1, -0.05) is 12.1 Å². The molecule has 3 rings (SSSR count). The molecule has 2 aliphatic rings. The molecule has 2 saturated heterocycles. The van der Waals surface area contributed by atoms with E-state index in [1.165, 1.54) is 0 Å². The number of urea groups is 1. The lowest BCUT2D eigenvalue weighted by molar-refractivity contribution is -0.140. The fourth-order valence-electron chi connectivity index (χ4n) is 3.26. The molecule has 0 bridgehead atoms. The highest BCUT2D eigenvalue weighted by Crippen LogP contribution is 2.13. The number of ether oxygens (including phenoxy) is 1. The number of anilines is 1. The summed E-state index contributed by atoms with van der Waals surface area (Å²) >= 11 is 0. The lowest BCUT2D eigenvalue weighted by Crippen LogP contribution is -2.60. The number of morpholine rings is 1. The van der Waals surface area contributed by atoms with Crippen molar-refractivity contribution in [1.82, 2.24) is 15.1 Å². The van der Waals surface area contributed by atoms with Crippen LogP contribution in [0.2, 0.25) is 0 Å². The molecule has 3 amide bonds. The van der Waals surface area contributed by atoms with Crippen LogP contribution in [-0.2, 0) is 9.53 Å². The summed E-state index contributed by atoms with van der Waals surface area (Å²) in [5.41, 5.74) is 1.89. The van der Waals surface area contributed by atoms with E-state index in [1.54, 1.807) is 4.90 Å². The quantitative estimate of drug-likeness (QED) is 0.812. The van der Waals surface area contributed by atoms with E-state index in [-0.39, 0.29) is 36.5 Å². The van der Waals surface area contributed by atoms with Gasteiger partial charge in [-0.15, -0.1) is 12.4 Å². The van der Waals surface area contributed by atoms with E-state index in [1.807, 2.05) is 43.0 Å². The molecule has 0 spiro atoms. The molecule has 8 heteroatoms. The summed E-state index contributed by atoms with van der Waals surface area (Å²) < 4.78 is 5.55. The summed E-state index contributed by atoms with van der Waals surface area (Å²) in [5, 5.41) is 6.15. The number of carbonyl (C=O) groups excluding carboxylic acids is 2. The zero-order valence-electron chi connectivity index (χ0n) is 15.2. The van der Waals surface area contributed by atoms with Gasteiger partial charge in [0.15, 0.2) is 0 Å². The van der Waals surface area contributed by atoms with Gasteiger partial charge in [-0.25, -0.2) is 4.79 Å². The topological polar surface area (TPSA) is 73.9 Å². The number of piperazine rings is 1. The number of rotatable bonds is 2. The molecule has 0 aromatic heterocycles. The van der Waals surface area contributed by atoms with Gasteiger partial charge in [-0.3, -0.25) is 4.79 Å². The minimum absolute atomic E-state index is 0. The van der Waals surface area contributed by atoms with Crippen LogP contribution < -0.4 is 10.6 Å². The predicted molar refractivity (Wildman–Crippen MR) is 103 cm³/mol. The Bertz CT molecular complexity index is 635. The van der Waals surface area contributed by atoms with Gasteiger partial charge >= 0.3 is 6.03 Å². The van der Waals surface area contributed by atoms with Gasteiger partial charge in [0.05, 0.1) is 12.7 Å². The largest absolute Gasteiger partial charge is 0.375 e. The zero-order chi connectivity index (χ0) is 17.8. The van der Waals surface area contributed by atoms with Crippen molar-refractivity contribution in [2.45, 2.75) is 26.0 Å². The summed E-state index contributed by atoms with van der Waals surface area (Å²) in [5.74, 6) is 0.0611. The van der Waals surface area contributed by atoms with Crippen molar-refractivity contribution in [2.24, 2.45) is 0 Å². The van der Waals surface area contributed by atoms with Crippen molar-refractivity contribution >= 4 is 30.0 Å². The normalized spacial score (nSPS) is 23.2. The molecule has 2 heterocycles. The van der Waals surface area contributed by atoms with Crippen molar-refractivity contribution < 1.29 is 14.3 Å². The number of aryl methyl sites for hydroxylation is 1. The summed E-state index contributed by atoms with van der Waals surface area (Å²) in [6.07, 6.45) is -0.121. The highest BCUT2D eigenvalue weighted by Gasteiger charge is 2.33. The van der Waals surface area contributed by atoms with E-state index >= 15 is 0 Å². The van der Waals surface area contributed by atoms with Crippen LogP contribution >= 0.6 is 12.4 Å². The van der Waals surface area contributed by atoms with Crippen molar-refractivity contribution in [3.8, 4) is 0 Å². The van der Waals surface area contributed by atoms with Gasteiger partial charge < -0.3 is 25.2 Å².